The van der Waals surface area contributed by atoms with Crippen LogP contribution in [0.5, 0.6) is 0 Å². The van der Waals surface area contributed by atoms with Gasteiger partial charge in [0.25, 0.3) is 5.91 Å². The lowest BCUT2D eigenvalue weighted by Gasteiger charge is -2.30. The Morgan fingerprint density at radius 3 is 2.40 bits per heavy atom. The minimum atomic E-state index is 0.0974. The second-order valence-electron chi connectivity index (χ2n) is 8.34. The normalized spacial score (nSPS) is 23.5. The Kier molecular flexibility index (Phi) is 4.97. The van der Waals surface area contributed by atoms with E-state index in [0.717, 1.165) is 37.3 Å². The number of carbonyl (C=O) groups is 1. The second kappa shape index (κ2) is 7.92. The molecule has 2 saturated heterocycles. The van der Waals surface area contributed by atoms with Gasteiger partial charge in [-0.15, -0.1) is 0 Å². The van der Waals surface area contributed by atoms with Crippen molar-refractivity contribution < 1.29 is 4.79 Å². The first-order valence-electron chi connectivity index (χ1n) is 10.5. The zero-order chi connectivity index (χ0) is 20.5. The van der Waals surface area contributed by atoms with Crippen LogP contribution in [0.4, 0.5) is 5.82 Å². The van der Waals surface area contributed by atoms with Crippen molar-refractivity contribution in [3.63, 3.8) is 0 Å². The summed E-state index contributed by atoms with van der Waals surface area (Å²) in [6, 6.07) is 24.2. The van der Waals surface area contributed by atoms with Gasteiger partial charge in [-0.1, -0.05) is 54.6 Å². The van der Waals surface area contributed by atoms with Gasteiger partial charge in [0.1, 0.15) is 5.82 Å². The lowest BCUT2D eigenvalue weighted by Crippen LogP contribution is -2.35. The van der Waals surface area contributed by atoms with E-state index in [2.05, 4.69) is 45.1 Å². The molecule has 5 nitrogen and oxygen atoms in total. The third kappa shape index (κ3) is 3.46. The average molecular weight is 399 g/mol. The number of carbonyl (C=O) groups excluding carboxylic acids is 1. The monoisotopic (exact) mass is 398 g/mol. The largest absolute Gasteiger partial charge is 0.383 e. The van der Waals surface area contributed by atoms with Crippen LogP contribution in [0.2, 0.25) is 0 Å². The third-order valence-corrected chi connectivity index (χ3v) is 6.48. The highest BCUT2D eigenvalue weighted by atomic mass is 16.2. The lowest BCUT2D eigenvalue weighted by atomic mass is 9.89. The smallest absolute Gasteiger partial charge is 0.254 e. The van der Waals surface area contributed by atoms with Crippen LogP contribution >= 0.6 is 0 Å². The number of hydrogen-bond acceptors (Lipinski definition) is 4. The van der Waals surface area contributed by atoms with Crippen LogP contribution in [-0.2, 0) is 6.54 Å². The van der Waals surface area contributed by atoms with Crippen molar-refractivity contribution in [1.82, 2.24) is 14.8 Å². The third-order valence-electron chi connectivity index (χ3n) is 6.48. The van der Waals surface area contributed by atoms with Gasteiger partial charge in [-0.05, 0) is 29.7 Å². The number of pyridine rings is 1. The first kappa shape index (κ1) is 18.8. The van der Waals surface area contributed by atoms with E-state index in [-0.39, 0.29) is 11.9 Å². The number of nitrogen functional groups attached to an aromatic ring is 1. The number of hydrogen-bond donors (Lipinski definition) is 1. The fraction of sp³-hybridized carbons (Fsp3) is 0.280. The van der Waals surface area contributed by atoms with Gasteiger partial charge in [0.15, 0.2) is 0 Å². The quantitative estimate of drug-likeness (QED) is 0.729. The Bertz CT molecular complexity index is 1020. The van der Waals surface area contributed by atoms with Crippen molar-refractivity contribution in [2.75, 3.05) is 25.4 Å². The van der Waals surface area contributed by atoms with Crippen molar-refractivity contribution in [2.24, 2.45) is 11.8 Å². The molecule has 2 aromatic carbocycles. The fourth-order valence-electron chi connectivity index (χ4n) is 5.12. The maximum atomic E-state index is 13.4. The number of benzene rings is 2. The number of likely N-dealkylation sites (tertiary alicyclic amines) is 2. The van der Waals surface area contributed by atoms with Crippen LogP contribution < -0.4 is 5.73 Å². The molecule has 3 aromatic rings. The Morgan fingerprint density at radius 2 is 1.67 bits per heavy atom. The standard InChI is InChI=1S/C25H26N4O/c26-24-20(12-7-13-27-24)14-28-15-21-16-29(25(30)19-10-5-2-6-11-19)23(22(21)17-28)18-8-3-1-4-9-18/h1-13,21-23H,14-17H2,(H2,26,27)/t21-,22-,23+/m0/s1. The number of rotatable bonds is 4. The van der Waals surface area contributed by atoms with E-state index in [9.17, 15) is 4.79 Å². The van der Waals surface area contributed by atoms with Gasteiger partial charge in [-0.3, -0.25) is 9.69 Å². The van der Waals surface area contributed by atoms with Gasteiger partial charge in [0.05, 0.1) is 6.04 Å². The molecule has 3 atom stereocenters. The molecule has 2 fully saturated rings. The molecule has 0 saturated carbocycles. The summed E-state index contributed by atoms with van der Waals surface area (Å²) in [7, 11) is 0. The Morgan fingerprint density at radius 1 is 0.933 bits per heavy atom. The molecule has 0 bridgehead atoms. The molecule has 0 spiro atoms. The van der Waals surface area contributed by atoms with Crippen molar-refractivity contribution in [1.29, 1.82) is 0 Å². The Balaban J connectivity index is 1.41. The van der Waals surface area contributed by atoms with Crippen LogP contribution in [0.3, 0.4) is 0 Å². The van der Waals surface area contributed by atoms with E-state index >= 15 is 0 Å². The molecule has 0 aliphatic carbocycles. The predicted molar refractivity (Wildman–Crippen MR) is 118 cm³/mol. The molecule has 152 valence electrons. The molecule has 3 heterocycles. The number of nitrogens with zero attached hydrogens (tertiary/aromatic N) is 3. The minimum absolute atomic E-state index is 0.0974. The summed E-state index contributed by atoms with van der Waals surface area (Å²) in [5, 5.41) is 0. The van der Waals surface area contributed by atoms with Crippen molar-refractivity contribution >= 4 is 11.7 Å². The number of anilines is 1. The maximum Gasteiger partial charge on any atom is 0.254 e. The van der Waals surface area contributed by atoms with Crippen LogP contribution in [0.1, 0.15) is 27.5 Å². The van der Waals surface area contributed by atoms with Crippen LogP contribution in [-0.4, -0.2) is 40.3 Å². The van der Waals surface area contributed by atoms with Gasteiger partial charge in [-0.2, -0.15) is 0 Å². The minimum Gasteiger partial charge on any atom is -0.383 e. The molecule has 1 aromatic heterocycles. The zero-order valence-corrected chi connectivity index (χ0v) is 16.9. The number of nitrogens with two attached hydrogens (primary N) is 1. The summed E-state index contributed by atoms with van der Waals surface area (Å²) in [6.07, 6.45) is 1.73. The first-order chi connectivity index (χ1) is 14.7. The van der Waals surface area contributed by atoms with Crippen molar-refractivity contribution in [3.05, 3.63) is 95.7 Å². The summed E-state index contributed by atoms with van der Waals surface area (Å²) >= 11 is 0. The first-order valence-corrected chi connectivity index (χ1v) is 10.5. The van der Waals surface area contributed by atoms with Crippen LogP contribution in [0.25, 0.3) is 0 Å². The molecular weight excluding hydrogens is 372 g/mol. The molecule has 2 N–H and O–H groups in total. The molecule has 0 unspecified atom stereocenters. The highest BCUT2D eigenvalue weighted by Crippen LogP contribution is 2.45. The van der Waals surface area contributed by atoms with E-state index < -0.39 is 0 Å². The van der Waals surface area contributed by atoms with E-state index in [0.29, 0.717) is 17.7 Å². The summed E-state index contributed by atoms with van der Waals surface area (Å²) in [4.78, 5) is 22.1. The van der Waals surface area contributed by atoms with Crippen molar-refractivity contribution in [2.45, 2.75) is 12.6 Å². The number of amides is 1. The lowest BCUT2D eigenvalue weighted by molar-refractivity contribution is 0.0700. The van der Waals surface area contributed by atoms with E-state index in [1.165, 1.54) is 5.56 Å². The molecule has 1 amide bonds. The summed E-state index contributed by atoms with van der Waals surface area (Å²) in [5.74, 6) is 1.61. The predicted octanol–water partition coefficient (Wildman–Crippen LogP) is 3.61. The molecule has 2 aliphatic heterocycles. The second-order valence-corrected chi connectivity index (χ2v) is 8.34. The molecule has 5 heteroatoms. The Labute approximate surface area is 177 Å². The van der Waals surface area contributed by atoms with Gasteiger partial charge in [0, 0.05) is 49.4 Å². The Hall–Kier alpha value is -3.18. The summed E-state index contributed by atoms with van der Waals surface area (Å²) in [6.45, 7) is 3.52. The van der Waals surface area contributed by atoms with Gasteiger partial charge < -0.3 is 10.6 Å². The highest BCUT2D eigenvalue weighted by molar-refractivity contribution is 5.94. The number of fused-ring (bicyclic) bond motifs is 1. The van der Waals surface area contributed by atoms with E-state index in [1.807, 2.05) is 42.5 Å². The topological polar surface area (TPSA) is 62.5 Å². The van der Waals surface area contributed by atoms with Crippen molar-refractivity contribution in [3.8, 4) is 0 Å². The maximum absolute atomic E-state index is 13.4. The molecule has 2 aliphatic rings. The molecule has 5 rings (SSSR count). The van der Waals surface area contributed by atoms with Gasteiger partial charge in [-0.25, -0.2) is 4.98 Å². The van der Waals surface area contributed by atoms with Crippen LogP contribution in [0.15, 0.2) is 79.0 Å². The fourth-order valence-corrected chi connectivity index (χ4v) is 5.12. The van der Waals surface area contributed by atoms with Gasteiger partial charge in [0.2, 0.25) is 0 Å². The zero-order valence-electron chi connectivity index (χ0n) is 16.9. The molecule has 30 heavy (non-hydrogen) atoms. The average Bonchev–Trinajstić information content (AvgIpc) is 3.33. The SMILES string of the molecule is Nc1ncccc1CN1C[C@H]2CN(C(=O)c3ccccc3)[C@H](c3ccccc3)[C@H]2C1. The van der Waals surface area contributed by atoms with E-state index in [1.54, 1.807) is 6.20 Å². The molecular formula is C25H26N4O. The van der Waals surface area contributed by atoms with Crippen LogP contribution in [0, 0.1) is 11.8 Å². The highest BCUT2D eigenvalue weighted by Gasteiger charge is 2.49. The summed E-state index contributed by atoms with van der Waals surface area (Å²) < 4.78 is 0. The van der Waals surface area contributed by atoms with Gasteiger partial charge >= 0.3 is 0 Å². The molecule has 0 radical (unpaired) electrons. The summed E-state index contributed by atoms with van der Waals surface area (Å²) in [5.41, 5.74) is 9.13. The number of aromatic nitrogens is 1. The van der Waals surface area contributed by atoms with E-state index in [4.69, 9.17) is 5.73 Å².